The highest BCUT2D eigenvalue weighted by Crippen LogP contribution is 2.69. The number of halogens is 3. The first-order valence-electron chi connectivity index (χ1n) is 17.3. The number of methoxy groups -OCH3 is 1. The molecule has 270 valence electrons. The lowest BCUT2D eigenvalue weighted by Crippen LogP contribution is -2.70. The average Bonchev–Trinajstić information content (AvgIpc) is 3.29. The van der Waals surface area contributed by atoms with Gasteiger partial charge in [-0.05, 0) is 67.6 Å². The van der Waals surface area contributed by atoms with E-state index in [-0.39, 0.29) is 29.7 Å². The Kier molecular flexibility index (Phi) is 10.0. The third kappa shape index (κ3) is 5.64. The van der Waals surface area contributed by atoms with Crippen LogP contribution in [0.1, 0.15) is 78.7 Å². The summed E-state index contributed by atoms with van der Waals surface area (Å²) in [6.45, 7) is 9.40. The van der Waals surface area contributed by atoms with E-state index < -0.39 is 82.5 Å². The van der Waals surface area contributed by atoms with Gasteiger partial charge in [-0.15, -0.1) is 0 Å². The summed E-state index contributed by atoms with van der Waals surface area (Å²) in [6, 6.07) is 6.69. The minimum atomic E-state index is -5.07. The molecule has 11 heteroatoms. The maximum atomic E-state index is 14.4. The third-order valence-corrected chi connectivity index (χ3v) is 13.4. The lowest BCUT2D eigenvalue weighted by molar-refractivity contribution is -0.280. The van der Waals surface area contributed by atoms with Gasteiger partial charge < -0.3 is 35.0 Å². The summed E-state index contributed by atoms with van der Waals surface area (Å²) in [5, 5.41) is 56.7. The SMILES string of the molecule is CO[C@@](C(=O)O[C@H](C)C(C)/C=C/[C@@H](C)[C@H]1CC(O)C2[C@]1(C)CC[C@@H]1[C@@]3(C)CC[C@H](O)[C@H](O)C3C(O)C[C@@]21O)(c1ccccc1)C(F)(F)F. The van der Waals surface area contributed by atoms with Gasteiger partial charge in [-0.1, -0.05) is 70.2 Å². The molecule has 0 amide bonds. The van der Waals surface area contributed by atoms with Crippen molar-refractivity contribution in [2.75, 3.05) is 7.11 Å². The van der Waals surface area contributed by atoms with Gasteiger partial charge >= 0.3 is 12.1 Å². The number of benzene rings is 1. The molecule has 0 bridgehead atoms. The number of allylic oxidation sites excluding steroid dienone is 1. The van der Waals surface area contributed by atoms with Crippen LogP contribution in [-0.2, 0) is 19.9 Å². The van der Waals surface area contributed by atoms with Gasteiger partial charge in [0.05, 0.1) is 30.0 Å². The number of aliphatic hydroxyl groups excluding tert-OH is 4. The molecule has 5 unspecified atom stereocenters. The van der Waals surface area contributed by atoms with Crippen molar-refractivity contribution in [3.05, 3.63) is 48.0 Å². The van der Waals surface area contributed by atoms with Crippen LogP contribution in [0.2, 0.25) is 0 Å². The molecule has 4 fully saturated rings. The van der Waals surface area contributed by atoms with E-state index in [2.05, 4.69) is 6.92 Å². The first kappa shape index (κ1) is 37.2. The van der Waals surface area contributed by atoms with Crippen LogP contribution in [-0.4, -0.2) is 80.9 Å². The number of carbonyl (C=O) groups is 1. The zero-order valence-corrected chi connectivity index (χ0v) is 28.7. The Balaban J connectivity index is 1.32. The van der Waals surface area contributed by atoms with Gasteiger partial charge in [0.15, 0.2) is 0 Å². The Morgan fingerprint density at radius 2 is 1.56 bits per heavy atom. The summed E-state index contributed by atoms with van der Waals surface area (Å²) >= 11 is 0. The zero-order valence-electron chi connectivity index (χ0n) is 28.7. The number of rotatable bonds is 8. The van der Waals surface area contributed by atoms with Crippen molar-refractivity contribution in [3.8, 4) is 0 Å². The van der Waals surface area contributed by atoms with Crippen LogP contribution in [0.4, 0.5) is 13.2 Å². The van der Waals surface area contributed by atoms with Crippen molar-refractivity contribution >= 4 is 5.97 Å². The number of aliphatic hydroxyl groups is 5. The number of fused-ring (bicyclic) bond motifs is 5. The minimum Gasteiger partial charge on any atom is -0.459 e. The highest BCUT2D eigenvalue weighted by atomic mass is 19.4. The predicted molar refractivity (Wildman–Crippen MR) is 171 cm³/mol. The Morgan fingerprint density at radius 3 is 2.17 bits per heavy atom. The largest absolute Gasteiger partial charge is 0.459 e. The monoisotopic (exact) mass is 682 g/mol. The van der Waals surface area contributed by atoms with Gasteiger partial charge in [-0.25, -0.2) is 4.79 Å². The molecule has 5 N–H and O–H groups in total. The highest BCUT2D eigenvalue weighted by molar-refractivity contribution is 5.82. The first-order chi connectivity index (χ1) is 22.3. The van der Waals surface area contributed by atoms with Crippen LogP contribution in [0.3, 0.4) is 0 Å². The van der Waals surface area contributed by atoms with E-state index >= 15 is 0 Å². The molecule has 1 aromatic rings. The summed E-state index contributed by atoms with van der Waals surface area (Å²) in [6.07, 6.45) is -3.33. The van der Waals surface area contributed by atoms with E-state index in [0.717, 1.165) is 13.5 Å². The molecule has 0 aliphatic heterocycles. The number of carbonyl (C=O) groups excluding carboxylic acids is 1. The summed E-state index contributed by atoms with van der Waals surface area (Å²) in [5.74, 6) is -3.49. The molecule has 0 spiro atoms. The van der Waals surface area contributed by atoms with E-state index in [0.29, 0.717) is 25.7 Å². The van der Waals surface area contributed by atoms with Crippen molar-refractivity contribution < 1.29 is 53.0 Å². The van der Waals surface area contributed by atoms with Crippen LogP contribution in [0.15, 0.2) is 42.5 Å². The fourth-order valence-electron chi connectivity index (χ4n) is 10.8. The van der Waals surface area contributed by atoms with Crippen LogP contribution in [0, 0.1) is 46.3 Å². The van der Waals surface area contributed by atoms with Gasteiger partial charge in [-0.3, -0.25) is 0 Å². The van der Waals surface area contributed by atoms with Gasteiger partial charge in [0.1, 0.15) is 6.10 Å². The minimum absolute atomic E-state index is 0.0136. The summed E-state index contributed by atoms with van der Waals surface area (Å²) in [7, 11) is 0.834. The molecule has 0 radical (unpaired) electrons. The van der Waals surface area contributed by atoms with Crippen LogP contribution >= 0.6 is 0 Å². The van der Waals surface area contributed by atoms with Crippen molar-refractivity contribution in [1.29, 1.82) is 0 Å². The van der Waals surface area contributed by atoms with E-state index in [1.165, 1.54) is 31.2 Å². The Morgan fingerprint density at radius 1 is 0.938 bits per heavy atom. The van der Waals surface area contributed by atoms with Crippen molar-refractivity contribution in [1.82, 2.24) is 0 Å². The van der Waals surface area contributed by atoms with E-state index in [4.69, 9.17) is 9.47 Å². The van der Waals surface area contributed by atoms with Gasteiger partial charge in [0.2, 0.25) is 0 Å². The van der Waals surface area contributed by atoms with Crippen molar-refractivity contribution in [2.45, 2.75) is 121 Å². The number of hydrogen-bond acceptors (Lipinski definition) is 8. The Labute approximate surface area is 281 Å². The Bertz CT molecular complexity index is 1340. The molecule has 4 aliphatic carbocycles. The zero-order chi connectivity index (χ0) is 35.6. The molecule has 4 saturated carbocycles. The third-order valence-electron chi connectivity index (χ3n) is 13.4. The summed E-state index contributed by atoms with van der Waals surface area (Å²) < 4.78 is 53.4. The second-order valence-corrected chi connectivity index (χ2v) is 15.8. The maximum Gasteiger partial charge on any atom is 0.432 e. The predicted octanol–water partition coefficient (Wildman–Crippen LogP) is 4.90. The fraction of sp³-hybridized carbons (Fsp3) is 0.757. The summed E-state index contributed by atoms with van der Waals surface area (Å²) in [4.78, 5) is 13.2. The van der Waals surface area contributed by atoms with E-state index in [1.54, 1.807) is 13.0 Å². The van der Waals surface area contributed by atoms with Gasteiger partial charge in [0.25, 0.3) is 5.60 Å². The molecule has 48 heavy (non-hydrogen) atoms. The standard InChI is InChI=1S/C37H53F3O8/c1-20(22(3)48-32(45)36(47-6,37(38,39)40)23-10-8-7-9-11-23)12-13-21(2)24-18-26(42)31-33(24,4)17-15-28-34(5)16-14-25(41)30(44)29(34)27(43)19-35(28,31)46/h7-13,20-22,24-31,41-44,46H,14-19H2,1-6H3/b13-12+/t20?,21-,22-,24-,25+,26?,27?,28-,29?,30+,31?,33-,34-,35+,36-/m1/s1. The second kappa shape index (κ2) is 12.9. The first-order valence-corrected chi connectivity index (χ1v) is 17.3. The number of esters is 1. The summed E-state index contributed by atoms with van der Waals surface area (Å²) in [5.41, 5.74) is -6.10. The number of hydrogen-bond donors (Lipinski definition) is 5. The van der Waals surface area contributed by atoms with Crippen LogP contribution < -0.4 is 0 Å². The number of ether oxygens (including phenoxy) is 2. The lowest BCUT2D eigenvalue weighted by Gasteiger charge is -2.66. The topological polar surface area (TPSA) is 137 Å². The second-order valence-electron chi connectivity index (χ2n) is 15.8. The van der Waals surface area contributed by atoms with Crippen LogP contribution in [0.25, 0.3) is 0 Å². The molecule has 1 aromatic carbocycles. The molecule has 0 saturated heterocycles. The smallest absolute Gasteiger partial charge is 0.432 e. The molecular weight excluding hydrogens is 629 g/mol. The van der Waals surface area contributed by atoms with Crippen molar-refractivity contribution in [3.63, 3.8) is 0 Å². The Hall–Kier alpha value is -2.02. The van der Waals surface area contributed by atoms with E-state index in [9.17, 15) is 43.5 Å². The molecule has 0 heterocycles. The van der Waals surface area contributed by atoms with Gasteiger partial charge in [-0.2, -0.15) is 13.2 Å². The molecular formula is C37H53F3O8. The molecule has 8 nitrogen and oxygen atoms in total. The van der Waals surface area contributed by atoms with Gasteiger partial charge in [0, 0.05) is 36.8 Å². The normalized spacial score (nSPS) is 43.0. The maximum absolute atomic E-state index is 14.4. The van der Waals surface area contributed by atoms with E-state index in [1.807, 2.05) is 26.0 Å². The van der Waals surface area contributed by atoms with Crippen molar-refractivity contribution in [2.24, 2.45) is 46.3 Å². The molecule has 15 atom stereocenters. The fourth-order valence-corrected chi connectivity index (χ4v) is 10.8. The molecule has 0 aromatic heterocycles. The lowest BCUT2D eigenvalue weighted by atomic mass is 9.41. The van der Waals surface area contributed by atoms with Crippen LogP contribution in [0.5, 0.6) is 0 Å². The highest BCUT2D eigenvalue weighted by Gasteiger charge is 2.71. The number of alkyl halides is 3. The quantitative estimate of drug-likeness (QED) is 0.193. The molecule has 5 rings (SSSR count). The molecule has 4 aliphatic rings. The average molecular weight is 683 g/mol.